The van der Waals surface area contributed by atoms with Crippen LogP contribution in [0, 0.1) is 6.92 Å². The minimum Gasteiger partial charge on any atom is -0.359 e. The van der Waals surface area contributed by atoms with E-state index >= 15 is 0 Å². The number of hydrogen-bond donors (Lipinski definition) is 3. The van der Waals surface area contributed by atoms with Crippen LogP contribution in [0.3, 0.4) is 0 Å². The first-order valence-corrected chi connectivity index (χ1v) is 6.29. The third kappa shape index (κ3) is 2.47. The number of carbonyl (C=O) groups is 1. The summed E-state index contributed by atoms with van der Waals surface area (Å²) in [5.74, 6) is 0.530. The fourth-order valence-electron chi connectivity index (χ4n) is 2.05. The third-order valence-corrected chi connectivity index (χ3v) is 2.99. The minimum atomic E-state index is -0.312. The van der Waals surface area contributed by atoms with Crippen molar-refractivity contribution in [1.29, 1.82) is 0 Å². The van der Waals surface area contributed by atoms with Gasteiger partial charge in [-0.3, -0.25) is 5.32 Å². The molecule has 3 aromatic rings. The smallest absolute Gasteiger partial charge is 0.324 e. The number of nitrogens with one attached hydrogen (secondary N) is 3. The Hall–Kier alpha value is -2.82. The van der Waals surface area contributed by atoms with Crippen LogP contribution in [0.15, 0.2) is 48.8 Å². The van der Waals surface area contributed by atoms with Gasteiger partial charge in [0.15, 0.2) is 0 Å². The lowest BCUT2D eigenvalue weighted by atomic mass is 10.2. The van der Waals surface area contributed by atoms with Crippen LogP contribution in [0.2, 0.25) is 0 Å². The van der Waals surface area contributed by atoms with E-state index in [1.165, 1.54) is 0 Å². The van der Waals surface area contributed by atoms with Gasteiger partial charge in [0.25, 0.3) is 0 Å². The van der Waals surface area contributed by atoms with Crippen LogP contribution in [0.1, 0.15) is 5.56 Å². The van der Waals surface area contributed by atoms with E-state index in [4.69, 9.17) is 0 Å². The Labute approximate surface area is 116 Å². The van der Waals surface area contributed by atoms with Gasteiger partial charge in [0.2, 0.25) is 0 Å². The summed E-state index contributed by atoms with van der Waals surface area (Å²) in [7, 11) is 0. The molecular weight excluding hydrogens is 252 g/mol. The zero-order chi connectivity index (χ0) is 13.9. The van der Waals surface area contributed by atoms with Crippen molar-refractivity contribution in [2.24, 2.45) is 0 Å². The number of aromatic amines is 1. The van der Waals surface area contributed by atoms with E-state index in [1.54, 1.807) is 12.4 Å². The van der Waals surface area contributed by atoms with Gasteiger partial charge in [0.05, 0.1) is 5.69 Å². The molecule has 0 spiro atoms. The lowest BCUT2D eigenvalue weighted by molar-refractivity contribution is 0.262. The Balaban J connectivity index is 1.76. The van der Waals surface area contributed by atoms with Gasteiger partial charge in [-0.2, -0.15) is 0 Å². The number of pyridine rings is 1. The van der Waals surface area contributed by atoms with Gasteiger partial charge in [-0.05, 0) is 30.7 Å². The number of nitrogens with zero attached hydrogens (tertiary/aromatic N) is 1. The fourth-order valence-corrected chi connectivity index (χ4v) is 2.05. The molecule has 0 fully saturated rings. The summed E-state index contributed by atoms with van der Waals surface area (Å²) in [5.41, 5.74) is 2.77. The molecule has 20 heavy (non-hydrogen) atoms. The van der Waals surface area contributed by atoms with E-state index in [2.05, 4.69) is 20.6 Å². The number of amides is 2. The Morgan fingerprint density at radius 1 is 1.20 bits per heavy atom. The van der Waals surface area contributed by atoms with E-state index in [0.717, 1.165) is 22.2 Å². The minimum absolute atomic E-state index is 0.312. The van der Waals surface area contributed by atoms with Crippen LogP contribution in [0.5, 0.6) is 0 Å². The highest BCUT2D eigenvalue weighted by Crippen LogP contribution is 2.22. The van der Waals surface area contributed by atoms with Crippen molar-refractivity contribution in [3.63, 3.8) is 0 Å². The van der Waals surface area contributed by atoms with Crippen LogP contribution in [-0.2, 0) is 0 Å². The molecule has 0 radical (unpaired) electrons. The molecule has 3 N–H and O–H groups in total. The standard InChI is InChI=1S/C15H14N4O/c1-10-6-7-16-14(8-10)19-15(20)18-13-9-17-12-5-3-2-4-11(12)13/h2-9,17H,1H3,(H2,16,18,19,20). The number of carbonyl (C=O) groups excluding carboxylic acids is 1. The second-order valence-corrected chi connectivity index (χ2v) is 4.55. The Morgan fingerprint density at radius 2 is 2.05 bits per heavy atom. The molecular formula is C15H14N4O. The maximum atomic E-state index is 12.0. The van der Waals surface area contributed by atoms with E-state index < -0.39 is 0 Å². The van der Waals surface area contributed by atoms with Crippen molar-refractivity contribution >= 4 is 28.4 Å². The quantitative estimate of drug-likeness (QED) is 0.664. The molecule has 1 aromatic carbocycles. The van der Waals surface area contributed by atoms with Gasteiger partial charge < -0.3 is 10.3 Å². The Morgan fingerprint density at radius 3 is 2.90 bits per heavy atom. The largest absolute Gasteiger partial charge is 0.359 e. The van der Waals surface area contributed by atoms with E-state index in [-0.39, 0.29) is 6.03 Å². The zero-order valence-corrected chi connectivity index (χ0v) is 11.0. The molecule has 0 aliphatic rings. The van der Waals surface area contributed by atoms with Crippen molar-refractivity contribution in [1.82, 2.24) is 9.97 Å². The maximum absolute atomic E-state index is 12.0. The monoisotopic (exact) mass is 266 g/mol. The predicted molar refractivity (Wildman–Crippen MR) is 79.9 cm³/mol. The number of fused-ring (bicyclic) bond motifs is 1. The van der Waals surface area contributed by atoms with Crippen LogP contribution in [0.4, 0.5) is 16.3 Å². The van der Waals surface area contributed by atoms with Crippen LogP contribution in [0.25, 0.3) is 10.9 Å². The van der Waals surface area contributed by atoms with Gasteiger partial charge in [0.1, 0.15) is 5.82 Å². The number of rotatable bonds is 2. The number of para-hydroxylation sites is 1. The van der Waals surface area contributed by atoms with Crippen LogP contribution >= 0.6 is 0 Å². The summed E-state index contributed by atoms with van der Waals surface area (Å²) in [6.45, 7) is 1.95. The molecule has 0 unspecified atom stereocenters. The van der Waals surface area contributed by atoms with Crippen molar-refractivity contribution in [3.05, 3.63) is 54.4 Å². The number of anilines is 2. The molecule has 0 bridgehead atoms. The molecule has 0 aliphatic carbocycles. The lowest BCUT2D eigenvalue weighted by Crippen LogP contribution is -2.19. The molecule has 3 rings (SSSR count). The summed E-state index contributed by atoms with van der Waals surface area (Å²) >= 11 is 0. The van der Waals surface area contributed by atoms with Gasteiger partial charge in [-0.1, -0.05) is 18.2 Å². The summed E-state index contributed by atoms with van der Waals surface area (Å²) in [6.07, 6.45) is 3.44. The Kier molecular flexibility index (Phi) is 3.09. The highest BCUT2D eigenvalue weighted by atomic mass is 16.2. The van der Waals surface area contributed by atoms with Crippen molar-refractivity contribution in [3.8, 4) is 0 Å². The normalized spacial score (nSPS) is 10.4. The first kappa shape index (κ1) is 12.2. The second kappa shape index (κ2) is 5.05. The second-order valence-electron chi connectivity index (χ2n) is 4.55. The van der Waals surface area contributed by atoms with Gasteiger partial charge in [0, 0.05) is 23.3 Å². The van der Waals surface area contributed by atoms with E-state index in [1.807, 2.05) is 43.3 Å². The van der Waals surface area contributed by atoms with Crippen molar-refractivity contribution < 1.29 is 4.79 Å². The summed E-state index contributed by atoms with van der Waals surface area (Å²) in [6, 6.07) is 11.2. The highest BCUT2D eigenvalue weighted by molar-refractivity contribution is 6.05. The van der Waals surface area contributed by atoms with Crippen molar-refractivity contribution in [2.75, 3.05) is 10.6 Å². The number of H-pyrrole nitrogens is 1. The number of hydrogen-bond acceptors (Lipinski definition) is 2. The molecule has 2 heterocycles. The first-order chi connectivity index (χ1) is 9.72. The van der Waals surface area contributed by atoms with E-state index in [0.29, 0.717) is 5.82 Å². The fraction of sp³-hybridized carbons (Fsp3) is 0.0667. The number of benzene rings is 1. The maximum Gasteiger partial charge on any atom is 0.324 e. The molecule has 2 amide bonds. The molecule has 5 heteroatoms. The molecule has 0 saturated carbocycles. The molecule has 0 aliphatic heterocycles. The molecule has 2 aromatic heterocycles. The third-order valence-electron chi connectivity index (χ3n) is 2.99. The summed E-state index contributed by atoms with van der Waals surface area (Å²) in [4.78, 5) is 19.2. The molecule has 5 nitrogen and oxygen atoms in total. The molecule has 0 atom stereocenters. The van der Waals surface area contributed by atoms with Crippen LogP contribution < -0.4 is 10.6 Å². The SMILES string of the molecule is Cc1ccnc(NC(=O)Nc2c[nH]c3ccccc23)c1. The average molecular weight is 266 g/mol. The van der Waals surface area contributed by atoms with Crippen LogP contribution in [-0.4, -0.2) is 16.0 Å². The Bertz CT molecular complexity index is 763. The topological polar surface area (TPSA) is 69.8 Å². The summed E-state index contributed by atoms with van der Waals surface area (Å²) in [5, 5.41) is 6.49. The van der Waals surface area contributed by atoms with Crippen molar-refractivity contribution in [2.45, 2.75) is 6.92 Å². The van der Waals surface area contributed by atoms with Gasteiger partial charge in [-0.15, -0.1) is 0 Å². The first-order valence-electron chi connectivity index (χ1n) is 6.29. The average Bonchev–Trinajstić information content (AvgIpc) is 2.82. The van der Waals surface area contributed by atoms with E-state index in [9.17, 15) is 4.79 Å². The molecule has 100 valence electrons. The number of aryl methyl sites for hydroxylation is 1. The zero-order valence-electron chi connectivity index (χ0n) is 11.0. The van der Waals surface area contributed by atoms with Gasteiger partial charge >= 0.3 is 6.03 Å². The van der Waals surface area contributed by atoms with Gasteiger partial charge in [-0.25, -0.2) is 9.78 Å². The number of aromatic nitrogens is 2. The summed E-state index contributed by atoms with van der Waals surface area (Å²) < 4.78 is 0. The predicted octanol–water partition coefficient (Wildman–Crippen LogP) is 3.52. The highest BCUT2D eigenvalue weighted by Gasteiger charge is 2.07. The number of urea groups is 1. The molecule has 0 saturated heterocycles. The lowest BCUT2D eigenvalue weighted by Gasteiger charge is -2.06.